The highest BCUT2D eigenvalue weighted by Gasteiger charge is 2.12. The molecule has 134 valence electrons. The maximum absolute atomic E-state index is 12.0. The van der Waals surface area contributed by atoms with E-state index in [4.69, 9.17) is 32.5 Å². The molecule has 8 heteroatoms. The van der Waals surface area contributed by atoms with Crippen LogP contribution < -0.4 is 10.1 Å². The molecule has 1 heterocycles. The van der Waals surface area contributed by atoms with Crippen molar-refractivity contribution in [2.45, 2.75) is 13.8 Å². The van der Waals surface area contributed by atoms with Crippen molar-refractivity contribution in [1.29, 1.82) is 0 Å². The number of carbonyl (C=O) groups is 1. The van der Waals surface area contributed by atoms with Crippen LogP contribution in [0, 0.1) is 13.8 Å². The number of anilines is 1. The van der Waals surface area contributed by atoms with Crippen molar-refractivity contribution >= 4 is 35.1 Å². The zero-order valence-electron chi connectivity index (χ0n) is 14.0. The van der Waals surface area contributed by atoms with Crippen LogP contribution in [0.2, 0.25) is 10.0 Å². The lowest BCUT2D eigenvalue weighted by Gasteiger charge is -2.09. The molecule has 0 atom stereocenters. The summed E-state index contributed by atoms with van der Waals surface area (Å²) in [5, 5.41) is 7.47. The van der Waals surface area contributed by atoms with Crippen LogP contribution in [0.4, 0.5) is 5.95 Å². The molecule has 0 saturated heterocycles. The molecule has 1 amide bonds. The summed E-state index contributed by atoms with van der Waals surface area (Å²) in [6.07, 6.45) is 0. The fourth-order valence-corrected chi connectivity index (χ4v) is 2.61. The summed E-state index contributed by atoms with van der Waals surface area (Å²) in [7, 11) is 0. The highest BCUT2D eigenvalue weighted by Crippen LogP contribution is 2.26. The van der Waals surface area contributed by atoms with Gasteiger partial charge in [-0.2, -0.15) is 4.98 Å². The van der Waals surface area contributed by atoms with Crippen LogP contribution in [-0.4, -0.2) is 22.7 Å². The molecule has 2 aromatic carbocycles. The Hall–Kier alpha value is -2.57. The second-order valence-corrected chi connectivity index (χ2v) is 6.46. The molecule has 0 bridgehead atoms. The van der Waals surface area contributed by atoms with Gasteiger partial charge in [0.2, 0.25) is 0 Å². The topological polar surface area (TPSA) is 77.2 Å². The standard InChI is InChI=1S/C18H15Cl2N3O3/c1-10-6-14(7-11(2)16(10)20)25-9-15(24)21-18-22-17(26-23-18)12-4-3-5-13(19)8-12/h3-8H,9H2,1-2H3,(H,21,23,24). The largest absolute Gasteiger partial charge is 0.484 e. The third-order valence-corrected chi connectivity index (χ3v) is 4.36. The Kier molecular flexibility index (Phi) is 5.44. The van der Waals surface area contributed by atoms with Crippen molar-refractivity contribution in [3.63, 3.8) is 0 Å². The van der Waals surface area contributed by atoms with Gasteiger partial charge in [-0.1, -0.05) is 29.3 Å². The van der Waals surface area contributed by atoms with Gasteiger partial charge in [0.15, 0.2) is 6.61 Å². The molecule has 6 nitrogen and oxygen atoms in total. The lowest BCUT2D eigenvalue weighted by Crippen LogP contribution is -2.20. The predicted molar refractivity (Wildman–Crippen MR) is 99.8 cm³/mol. The van der Waals surface area contributed by atoms with Gasteiger partial charge in [0.05, 0.1) is 0 Å². The molecule has 0 fully saturated rings. The maximum atomic E-state index is 12.0. The maximum Gasteiger partial charge on any atom is 0.270 e. The SMILES string of the molecule is Cc1cc(OCC(=O)Nc2noc(-c3cccc(Cl)c3)n2)cc(C)c1Cl. The second kappa shape index (κ2) is 7.76. The van der Waals surface area contributed by atoms with Gasteiger partial charge in [-0.05, 0) is 60.5 Å². The molecule has 0 saturated carbocycles. The summed E-state index contributed by atoms with van der Waals surface area (Å²) in [4.78, 5) is 16.1. The van der Waals surface area contributed by atoms with Crippen molar-refractivity contribution in [3.8, 4) is 17.2 Å². The Morgan fingerprint density at radius 3 is 2.62 bits per heavy atom. The van der Waals surface area contributed by atoms with Crippen LogP contribution in [0.25, 0.3) is 11.5 Å². The van der Waals surface area contributed by atoms with Crippen LogP contribution in [0.15, 0.2) is 40.9 Å². The Labute approximate surface area is 160 Å². The average Bonchev–Trinajstić information content (AvgIpc) is 3.06. The Balaban J connectivity index is 1.60. The van der Waals surface area contributed by atoms with Crippen LogP contribution >= 0.6 is 23.2 Å². The predicted octanol–water partition coefficient (Wildman–Crippen LogP) is 4.68. The van der Waals surface area contributed by atoms with Crippen molar-refractivity contribution in [3.05, 3.63) is 57.6 Å². The summed E-state index contributed by atoms with van der Waals surface area (Å²) in [6, 6.07) is 10.5. The molecule has 0 radical (unpaired) electrons. The van der Waals surface area contributed by atoms with Crippen LogP contribution in [0.3, 0.4) is 0 Å². The summed E-state index contributed by atoms with van der Waals surface area (Å²) >= 11 is 12.0. The lowest BCUT2D eigenvalue weighted by molar-refractivity contribution is -0.118. The molecular formula is C18H15Cl2N3O3. The number of aromatic nitrogens is 2. The summed E-state index contributed by atoms with van der Waals surface area (Å²) in [5.41, 5.74) is 2.42. The number of aryl methyl sites for hydroxylation is 2. The van der Waals surface area contributed by atoms with Crippen molar-refractivity contribution < 1.29 is 14.1 Å². The van der Waals surface area contributed by atoms with Gasteiger partial charge in [0.25, 0.3) is 17.7 Å². The number of nitrogens with zero attached hydrogens (tertiary/aromatic N) is 2. The minimum Gasteiger partial charge on any atom is -0.484 e. The molecule has 3 rings (SSSR count). The van der Waals surface area contributed by atoms with E-state index in [0.717, 1.165) is 11.1 Å². The fraction of sp³-hybridized carbons (Fsp3) is 0.167. The van der Waals surface area contributed by atoms with Crippen LogP contribution in [-0.2, 0) is 4.79 Å². The number of rotatable bonds is 5. The number of amides is 1. The minimum atomic E-state index is -0.409. The average molecular weight is 392 g/mol. The van der Waals surface area contributed by atoms with E-state index >= 15 is 0 Å². The highest BCUT2D eigenvalue weighted by molar-refractivity contribution is 6.32. The first kappa shape index (κ1) is 18.2. The molecule has 0 aliphatic heterocycles. The number of hydrogen-bond acceptors (Lipinski definition) is 5. The van der Waals surface area contributed by atoms with Gasteiger partial charge in [0, 0.05) is 15.6 Å². The normalized spacial score (nSPS) is 10.6. The molecule has 26 heavy (non-hydrogen) atoms. The van der Waals surface area contributed by atoms with Crippen molar-refractivity contribution in [2.24, 2.45) is 0 Å². The molecule has 0 unspecified atom stereocenters. The fourth-order valence-electron chi connectivity index (χ4n) is 2.31. The Morgan fingerprint density at radius 2 is 1.92 bits per heavy atom. The van der Waals surface area contributed by atoms with Gasteiger partial charge < -0.3 is 9.26 Å². The summed E-state index contributed by atoms with van der Waals surface area (Å²) in [6.45, 7) is 3.55. The second-order valence-electron chi connectivity index (χ2n) is 5.64. The molecule has 3 aromatic rings. The van der Waals surface area contributed by atoms with Gasteiger partial charge in [-0.25, -0.2) is 0 Å². The van der Waals surface area contributed by atoms with E-state index in [1.807, 2.05) is 13.8 Å². The first-order valence-corrected chi connectivity index (χ1v) is 8.47. The van der Waals surface area contributed by atoms with E-state index in [1.54, 1.807) is 36.4 Å². The van der Waals surface area contributed by atoms with E-state index in [9.17, 15) is 4.79 Å². The molecular weight excluding hydrogens is 377 g/mol. The summed E-state index contributed by atoms with van der Waals surface area (Å²) < 4.78 is 10.6. The smallest absolute Gasteiger partial charge is 0.270 e. The molecule has 1 N–H and O–H groups in total. The van der Waals surface area contributed by atoms with E-state index in [2.05, 4.69) is 15.5 Å². The van der Waals surface area contributed by atoms with Gasteiger partial charge in [-0.3, -0.25) is 10.1 Å². The summed E-state index contributed by atoms with van der Waals surface area (Å²) in [5.74, 6) is 0.464. The third-order valence-electron chi connectivity index (χ3n) is 3.53. The first-order chi connectivity index (χ1) is 12.4. The van der Waals surface area contributed by atoms with Crippen molar-refractivity contribution in [2.75, 3.05) is 11.9 Å². The number of nitrogens with one attached hydrogen (secondary N) is 1. The van der Waals surface area contributed by atoms with E-state index < -0.39 is 5.91 Å². The zero-order valence-corrected chi connectivity index (χ0v) is 15.6. The number of halogens is 2. The molecule has 0 aliphatic rings. The van der Waals surface area contributed by atoms with Crippen molar-refractivity contribution in [1.82, 2.24) is 10.1 Å². The van der Waals surface area contributed by atoms with Gasteiger partial charge in [-0.15, -0.1) is 0 Å². The number of carbonyl (C=O) groups excluding carboxylic acids is 1. The first-order valence-electron chi connectivity index (χ1n) is 7.71. The van der Waals surface area contributed by atoms with E-state index in [0.29, 0.717) is 21.4 Å². The van der Waals surface area contributed by atoms with Crippen LogP contribution in [0.1, 0.15) is 11.1 Å². The third kappa shape index (κ3) is 4.33. The van der Waals surface area contributed by atoms with Gasteiger partial charge in [0.1, 0.15) is 5.75 Å². The number of hydrogen-bond donors (Lipinski definition) is 1. The lowest BCUT2D eigenvalue weighted by atomic mass is 10.1. The number of benzene rings is 2. The molecule has 0 aliphatic carbocycles. The van der Waals surface area contributed by atoms with Crippen LogP contribution in [0.5, 0.6) is 5.75 Å². The van der Waals surface area contributed by atoms with E-state index in [-0.39, 0.29) is 18.4 Å². The Bertz CT molecular complexity index is 933. The zero-order chi connectivity index (χ0) is 18.7. The molecule has 1 aromatic heterocycles. The Morgan fingerprint density at radius 1 is 1.19 bits per heavy atom. The quantitative estimate of drug-likeness (QED) is 0.682. The highest BCUT2D eigenvalue weighted by atomic mass is 35.5. The van der Waals surface area contributed by atoms with E-state index in [1.165, 1.54) is 0 Å². The number of ether oxygens (including phenoxy) is 1. The monoisotopic (exact) mass is 391 g/mol. The molecule has 0 spiro atoms. The minimum absolute atomic E-state index is 0.0528. The van der Waals surface area contributed by atoms with Gasteiger partial charge >= 0.3 is 0 Å².